The van der Waals surface area contributed by atoms with Crippen molar-refractivity contribution in [2.45, 2.75) is 108 Å². The molecule has 0 aromatic rings. The van der Waals surface area contributed by atoms with E-state index < -0.39 is 17.7 Å². The largest absolute Gasteiger partial charge is 0.481 e. The smallest absolute Gasteiger partial charge is 0.303 e. The second kappa shape index (κ2) is 15.6. The van der Waals surface area contributed by atoms with Crippen LogP contribution < -0.4 is 5.73 Å². The van der Waals surface area contributed by atoms with Crippen molar-refractivity contribution in [1.29, 1.82) is 0 Å². The zero-order valence-corrected chi connectivity index (χ0v) is 19.5. The Morgan fingerprint density at radius 1 is 0.903 bits per heavy atom. The van der Waals surface area contributed by atoms with Crippen molar-refractivity contribution in [3.63, 3.8) is 0 Å². The molecule has 0 aromatic heterocycles. The van der Waals surface area contributed by atoms with Gasteiger partial charge in [0.1, 0.15) is 6.10 Å². The van der Waals surface area contributed by atoms with Crippen LogP contribution in [0.1, 0.15) is 89.9 Å². The van der Waals surface area contributed by atoms with Crippen molar-refractivity contribution in [3.05, 3.63) is 0 Å². The van der Waals surface area contributed by atoms with Gasteiger partial charge in [-0.1, -0.05) is 38.5 Å². The summed E-state index contributed by atoms with van der Waals surface area (Å²) in [7, 11) is 4.00. The van der Waals surface area contributed by atoms with Crippen LogP contribution in [0.15, 0.2) is 0 Å². The fourth-order valence-electron chi connectivity index (χ4n) is 4.12. The number of nitrogens with two attached hydrogens (primary N) is 1. The lowest BCUT2D eigenvalue weighted by molar-refractivity contribution is -0.181. The summed E-state index contributed by atoms with van der Waals surface area (Å²) < 4.78 is 12.6. The van der Waals surface area contributed by atoms with E-state index in [1.165, 1.54) is 0 Å². The van der Waals surface area contributed by atoms with Crippen molar-refractivity contribution in [2.75, 3.05) is 27.2 Å². The molecule has 182 valence electrons. The summed E-state index contributed by atoms with van der Waals surface area (Å²) in [5.41, 5.74) is 6.33. The molecule has 0 bridgehead atoms. The topological polar surface area (TPSA) is 122 Å². The van der Waals surface area contributed by atoms with Gasteiger partial charge >= 0.3 is 11.9 Å². The van der Waals surface area contributed by atoms with E-state index >= 15 is 0 Å². The van der Waals surface area contributed by atoms with Gasteiger partial charge in [-0.25, -0.2) is 0 Å². The Bertz CT molecular complexity index is 486. The number of hydrogen-bond acceptors (Lipinski definition) is 6. The number of likely N-dealkylation sites (N-methyl/N-ethyl adjacent to an activating group) is 1. The predicted molar refractivity (Wildman–Crippen MR) is 120 cm³/mol. The Labute approximate surface area is 187 Å². The van der Waals surface area contributed by atoms with Crippen LogP contribution in [0, 0.1) is 0 Å². The van der Waals surface area contributed by atoms with Gasteiger partial charge in [0, 0.05) is 38.3 Å². The third kappa shape index (κ3) is 13.0. The maximum Gasteiger partial charge on any atom is 0.303 e. The van der Waals surface area contributed by atoms with E-state index in [0.717, 1.165) is 83.6 Å². The monoisotopic (exact) mass is 444 g/mol. The van der Waals surface area contributed by atoms with Gasteiger partial charge in [0.2, 0.25) is 0 Å². The maximum absolute atomic E-state index is 10.6. The fourth-order valence-corrected chi connectivity index (χ4v) is 4.12. The summed E-state index contributed by atoms with van der Waals surface area (Å²) in [6, 6.07) is -0.0936. The molecule has 0 aliphatic carbocycles. The van der Waals surface area contributed by atoms with Gasteiger partial charge in [-0.2, -0.15) is 0 Å². The highest BCUT2D eigenvalue weighted by molar-refractivity contribution is 5.66. The summed E-state index contributed by atoms with van der Waals surface area (Å²) in [5.74, 6) is -2.03. The Morgan fingerprint density at radius 3 is 1.81 bits per heavy atom. The summed E-state index contributed by atoms with van der Waals surface area (Å²) in [6.45, 7) is 1.27. The number of nitrogens with zero attached hydrogens (tertiary/aromatic N) is 1. The minimum absolute atomic E-state index is 0.0936. The molecule has 31 heavy (non-hydrogen) atoms. The van der Waals surface area contributed by atoms with Crippen LogP contribution in [-0.2, 0) is 19.1 Å². The average Bonchev–Trinajstić information content (AvgIpc) is 3.10. The number of aliphatic carboxylic acids is 2. The van der Waals surface area contributed by atoms with Crippen molar-refractivity contribution in [3.8, 4) is 0 Å². The zero-order valence-electron chi connectivity index (χ0n) is 19.5. The zero-order chi connectivity index (χ0) is 23.1. The quantitative estimate of drug-likeness (QED) is 0.258. The lowest BCUT2D eigenvalue weighted by atomic mass is 9.99. The molecule has 2 atom stereocenters. The van der Waals surface area contributed by atoms with E-state index in [2.05, 4.69) is 4.90 Å². The van der Waals surface area contributed by atoms with Gasteiger partial charge in [0.15, 0.2) is 5.79 Å². The van der Waals surface area contributed by atoms with E-state index in [-0.39, 0.29) is 25.0 Å². The molecule has 0 radical (unpaired) electrons. The number of unbranched alkanes of at least 4 members (excludes halogenated alkanes) is 8. The molecular formula is C23H44N2O6. The first kappa shape index (κ1) is 27.8. The first-order valence-electron chi connectivity index (χ1n) is 11.9. The SMILES string of the molecule is CN(C)CC(N)C1COC(CCCCCCCC(=O)O)(CCCCCCCC(=O)O)O1. The molecule has 1 rings (SSSR count). The van der Waals surface area contributed by atoms with Crippen LogP contribution in [0.5, 0.6) is 0 Å². The molecular weight excluding hydrogens is 400 g/mol. The molecule has 0 spiro atoms. The van der Waals surface area contributed by atoms with Gasteiger partial charge in [-0.05, 0) is 39.8 Å². The highest BCUT2D eigenvalue weighted by atomic mass is 16.7. The van der Waals surface area contributed by atoms with Crippen molar-refractivity contribution < 1.29 is 29.3 Å². The number of carboxylic acid groups (broad SMARTS) is 2. The molecule has 0 amide bonds. The normalized spacial score (nSPS) is 19.0. The van der Waals surface area contributed by atoms with Gasteiger partial charge < -0.3 is 30.3 Å². The first-order valence-corrected chi connectivity index (χ1v) is 11.9. The molecule has 1 aliphatic heterocycles. The maximum atomic E-state index is 10.6. The number of rotatable bonds is 19. The van der Waals surface area contributed by atoms with Crippen LogP contribution in [-0.4, -0.2) is 72.2 Å². The number of hydrogen-bond donors (Lipinski definition) is 3. The first-order chi connectivity index (χ1) is 14.7. The summed E-state index contributed by atoms with van der Waals surface area (Å²) in [6.07, 6.45) is 11.5. The highest BCUT2D eigenvalue weighted by Gasteiger charge is 2.42. The van der Waals surface area contributed by atoms with E-state index in [1.807, 2.05) is 14.1 Å². The molecule has 0 saturated carbocycles. The molecule has 4 N–H and O–H groups in total. The van der Waals surface area contributed by atoms with Gasteiger partial charge in [0.25, 0.3) is 0 Å². The molecule has 1 fully saturated rings. The Hall–Kier alpha value is -1.22. The van der Waals surface area contributed by atoms with E-state index in [0.29, 0.717) is 6.61 Å². The molecule has 0 aromatic carbocycles. The molecule has 1 saturated heterocycles. The number of carboxylic acids is 2. The summed E-state index contributed by atoms with van der Waals surface area (Å²) in [5, 5.41) is 17.4. The second-order valence-corrected chi connectivity index (χ2v) is 9.13. The van der Waals surface area contributed by atoms with Crippen molar-refractivity contribution in [2.24, 2.45) is 5.73 Å². The van der Waals surface area contributed by atoms with Crippen molar-refractivity contribution in [1.82, 2.24) is 4.90 Å². The Balaban J connectivity index is 2.41. The number of carbonyl (C=O) groups is 2. The van der Waals surface area contributed by atoms with Crippen LogP contribution in [0.25, 0.3) is 0 Å². The van der Waals surface area contributed by atoms with Crippen molar-refractivity contribution >= 4 is 11.9 Å². The van der Waals surface area contributed by atoms with Crippen LogP contribution in [0.4, 0.5) is 0 Å². The van der Waals surface area contributed by atoms with Gasteiger partial charge in [0.05, 0.1) is 6.61 Å². The lowest BCUT2D eigenvalue weighted by Gasteiger charge is -2.30. The minimum atomic E-state index is -0.727. The minimum Gasteiger partial charge on any atom is -0.481 e. The fraction of sp³-hybridized carbons (Fsp3) is 0.913. The number of ether oxygens (including phenoxy) is 2. The molecule has 8 heteroatoms. The van der Waals surface area contributed by atoms with Crippen LogP contribution in [0.3, 0.4) is 0 Å². The van der Waals surface area contributed by atoms with E-state index in [9.17, 15) is 9.59 Å². The lowest BCUT2D eigenvalue weighted by Crippen LogP contribution is -2.45. The van der Waals surface area contributed by atoms with Gasteiger partial charge in [-0.15, -0.1) is 0 Å². The highest BCUT2D eigenvalue weighted by Crippen LogP contribution is 2.35. The van der Waals surface area contributed by atoms with E-state index in [4.69, 9.17) is 25.4 Å². The summed E-state index contributed by atoms with van der Waals surface area (Å²) in [4.78, 5) is 23.3. The third-order valence-electron chi connectivity index (χ3n) is 5.83. The Morgan fingerprint density at radius 2 is 1.35 bits per heavy atom. The molecule has 2 unspecified atom stereocenters. The molecule has 1 heterocycles. The van der Waals surface area contributed by atoms with Crippen LogP contribution >= 0.6 is 0 Å². The summed E-state index contributed by atoms with van der Waals surface area (Å²) >= 11 is 0. The van der Waals surface area contributed by atoms with E-state index in [1.54, 1.807) is 0 Å². The van der Waals surface area contributed by atoms with Crippen LogP contribution in [0.2, 0.25) is 0 Å². The van der Waals surface area contributed by atoms with Gasteiger partial charge in [-0.3, -0.25) is 9.59 Å². The Kier molecular flexibility index (Phi) is 14.0. The molecule has 8 nitrogen and oxygen atoms in total. The second-order valence-electron chi connectivity index (χ2n) is 9.13. The average molecular weight is 445 g/mol. The third-order valence-corrected chi connectivity index (χ3v) is 5.83. The molecule has 1 aliphatic rings. The standard InChI is InChI=1S/C23H44N2O6/c1-25(2)17-19(24)20-18-30-23(31-20,15-11-7-3-5-9-13-21(26)27)16-12-8-4-6-10-14-22(28)29/h19-20H,3-18,24H2,1-2H3,(H,26,27)(H,28,29). The predicted octanol–water partition coefficient (Wildman–Crippen LogP) is 3.62.